The fourth-order valence-corrected chi connectivity index (χ4v) is 2.91. The summed E-state index contributed by atoms with van der Waals surface area (Å²) in [5.41, 5.74) is 0. The summed E-state index contributed by atoms with van der Waals surface area (Å²) < 4.78 is 0. The van der Waals surface area contributed by atoms with Gasteiger partial charge in [0.15, 0.2) is 0 Å². The van der Waals surface area contributed by atoms with Crippen LogP contribution in [0.15, 0.2) is 0 Å². The molecule has 0 bridgehead atoms. The minimum absolute atomic E-state index is 0.0724. The average molecular weight is 253 g/mol. The van der Waals surface area contributed by atoms with Crippen LogP contribution in [0.5, 0.6) is 0 Å². The highest BCUT2D eigenvalue weighted by Gasteiger charge is 2.21. The zero-order valence-corrected chi connectivity index (χ0v) is 11.4. The Morgan fingerprint density at radius 1 is 1.17 bits per heavy atom. The summed E-state index contributed by atoms with van der Waals surface area (Å²) in [5.74, 6) is 0.198. The van der Waals surface area contributed by atoms with E-state index < -0.39 is 0 Å². The van der Waals surface area contributed by atoms with Crippen LogP contribution in [-0.4, -0.2) is 49.6 Å². The molecule has 4 heteroatoms. The van der Waals surface area contributed by atoms with Crippen molar-refractivity contribution in [1.29, 1.82) is 0 Å². The first-order valence-corrected chi connectivity index (χ1v) is 7.60. The van der Waals surface area contributed by atoms with Crippen molar-refractivity contribution >= 4 is 5.91 Å². The van der Waals surface area contributed by atoms with Crippen molar-refractivity contribution in [2.45, 2.75) is 51.0 Å². The summed E-state index contributed by atoms with van der Waals surface area (Å²) >= 11 is 0. The van der Waals surface area contributed by atoms with Crippen molar-refractivity contribution in [1.82, 2.24) is 15.5 Å². The number of carbonyl (C=O) groups is 1. The third kappa shape index (κ3) is 4.58. The van der Waals surface area contributed by atoms with Crippen LogP contribution in [0.4, 0.5) is 0 Å². The molecule has 0 spiro atoms. The minimum atomic E-state index is 0.0724. The van der Waals surface area contributed by atoms with Crippen LogP contribution in [0.3, 0.4) is 0 Å². The number of rotatable bonds is 5. The van der Waals surface area contributed by atoms with E-state index in [4.69, 9.17) is 0 Å². The van der Waals surface area contributed by atoms with Crippen molar-refractivity contribution in [3.05, 3.63) is 0 Å². The van der Waals surface area contributed by atoms with Gasteiger partial charge in [0.05, 0.1) is 6.04 Å². The van der Waals surface area contributed by atoms with Crippen LogP contribution < -0.4 is 10.6 Å². The minimum Gasteiger partial charge on any atom is -0.355 e. The Hall–Kier alpha value is -0.610. The molecule has 0 aliphatic carbocycles. The number of hydrogen-bond acceptors (Lipinski definition) is 3. The Morgan fingerprint density at radius 3 is 2.61 bits per heavy atom. The second kappa shape index (κ2) is 7.74. The summed E-state index contributed by atoms with van der Waals surface area (Å²) in [5, 5.41) is 6.28. The quantitative estimate of drug-likeness (QED) is 0.722. The lowest BCUT2D eigenvalue weighted by Gasteiger charge is -2.19. The maximum Gasteiger partial charge on any atom is 0.237 e. The van der Waals surface area contributed by atoms with Crippen molar-refractivity contribution in [2.75, 3.05) is 32.7 Å². The van der Waals surface area contributed by atoms with Crippen molar-refractivity contribution in [3.8, 4) is 0 Å². The fourth-order valence-electron chi connectivity index (χ4n) is 2.91. The third-order valence-corrected chi connectivity index (χ3v) is 4.03. The highest BCUT2D eigenvalue weighted by Crippen LogP contribution is 2.09. The van der Waals surface area contributed by atoms with E-state index in [1.165, 1.54) is 38.8 Å². The number of hydrogen-bond donors (Lipinski definition) is 2. The molecule has 2 heterocycles. The molecule has 2 saturated heterocycles. The van der Waals surface area contributed by atoms with Gasteiger partial charge < -0.3 is 15.5 Å². The van der Waals surface area contributed by atoms with Crippen LogP contribution in [0.1, 0.15) is 44.9 Å². The summed E-state index contributed by atoms with van der Waals surface area (Å²) in [7, 11) is 0. The Bertz CT molecular complexity index is 243. The van der Waals surface area contributed by atoms with Crippen LogP contribution in [0.2, 0.25) is 0 Å². The van der Waals surface area contributed by atoms with E-state index in [1.54, 1.807) is 0 Å². The van der Waals surface area contributed by atoms with Gasteiger partial charge in [0.1, 0.15) is 0 Å². The number of nitrogens with zero attached hydrogens (tertiary/aromatic N) is 1. The van der Waals surface area contributed by atoms with Gasteiger partial charge in [0.25, 0.3) is 0 Å². The molecule has 2 N–H and O–H groups in total. The van der Waals surface area contributed by atoms with Gasteiger partial charge in [-0.2, -0.15) is 0 Å². The number of likely N-dealkylation sites (tertiary alicyclic amines) is 1. The third-order valence-electron chi connectivity index (χ3n) is 4.03. The van der Waals surface area contributed by atoms with E-state index in [9.17, 15) is 4.79 Å². The molecule has 2 aliphatic rings. The fraction of sp³-hybridized carbons (Fsp3) is 0.929. The molecule has 0 aromatic carbocycles. The van der Waals surface area contributed by atoms with Crippen LogP contribution in [0, 0.1) is 0 Å². The van der Waals surface area contributed by atoms with Gasteiger partial charge in [-0.15, -0.1) is 0 Å². The van der Waals surface area contributed by atoms with Gasteiger partial charge in [-0.25, -0.2) is 0 Å². The van der Waals surface area contributed by atoms with Gasteiger partial charge in [0, 0.05) is 6.54 Å². The number of amides is 1. The van der Waals surface area contributed by atoms with E-state index in [0.29, 0.717) is 0 Å². The second-order valence-electron chi connectivity index (χ2n) is 5.55. The number of nitrogens with one attached hydrogen (secondary N) is 2. The Kier molecular flexibility index (Phi) is 5.94. The first kappa shape index (κ1) is 13.8. The van der Waals surface area contributed by atoms with Crippen molar-refractivity contribution in [3.63, 3.8) is 0 Å². The molecule has 0 aromatic rings. The SMILES string of the molecule is O=C(NCCCN1CCCCCC1)C1CCCN1. The molecule has 2 fully saturated rings. The normalized spacial score (nSPS) is 25.9. The molecule has 1 amide bonds. The van der Waals surface area contributed by atoms with Crippen molar-refractivity contribution in [2.24, 2.45) is 0 Å². The van der Waals surface area contributed by atoms with Crippen LogP contribution in [0.25, 0.3) is 0 Å². The molecule has 2 aliphatic heterocycles. The average Bonchev–Trinajstić information content (AvgIpc) is 2.80. The standard InChI is InChI=1S/C14H27N3O/c18-14(13-7-5-8-15-13)16-9-6-12-17-10-3-1-2-4-11-17/h13,15H,1-12H2,(H,16,18). The largest absolute Gasteiger partial charge is 0.355 e. The molecule has 0 aromatic heterocycles. The molecule has 18 heavy (non-hydrogen) atoms. The zero-order valence-electron chi connectivity index (χ0n) is 11.4. The molecule has 0 saturated carbocycles. The van der Waals surface area contributed by atoms with Gasteiger partial charge in [-0.05, 0) is 58.3 Å². The molecular formula is C14H27N3O. The Morgan fingerprint density at radius 2 is 1.94 bits per heavy atom. The number of carbonyl (C=O) groups excluding carboxylic acids is 1. The van der Waals surface area contributed by atoms with Gasteiger partial charge in [-0.1, -0.05) is 12.8 Å². The molecule has 104 valence electrons. The molecule has 2 rings (SSSR count). The van der Waals surface area contributed by atoms with Crippen LogP contribution in [-0.2, 0) is 4.79 Å². The molecule has 4 nitrogen and oxygen atoms in total. The first-order valence-electron chi connectivity index (χ1n) is 7.60. The van der Waals surface area contributed by atoms with Crippen molar-refractivity contribution < 1.29 is 4.79 Å². The molecule has 0 radical (unpaired) electrons. The highest BCUT2D eigenvalue weighted by molar-refractivity contribution is 5.81. The lowest BCUT2D eigenvalue weighted by atomic mass is 10.2. The van der Waals surface area contributed by atoms with E-state index >= 15 is 0 Å². The second-order valence-corrected chi connectivity index (χ2v) is 5.55. The molecule has 1 unspecified atom stereocenters. The maximum atomic E-state index is 11.8. The summed E-state index contributed by atoms with van der Waals surface area (Å²) in [6, 6.07) is 0.0724. The summed E-state index contributed by atoms with van der Waals surface area (Å²) in [6.45, 7) is 5.45. The molecular weight excluding hydrogens is 226 g/mol. The van der Waals surface area contributed by atoms with E-state index in [-0.39, 0.29) is 11.9 Å². The molecule has 1 atom stereocenters. The monoisotopic (exact) mass is 253 g/mol. The lowest BCUT2D eigenvalue weighted by molar-refractivity contribution is -0.122. The van der Waals surface area contributed by atoms with E-state index in [2.05, 4.69) is 15.5 Å². The van der Waals surface area contributed by atoms with Crippen LogP contribution >= 0.6 is 0 Å². The van der Waals surface area contributed by atoms with Gasteiger partial charge >= 0.3 is 0 Å². The Balaban J connectivity index is 1.53. The first-order chi connectivity index (χ1) is 8.86. The summed E-state index contributed by atoms with van der Waals surface area (Å²) in [6.07, 6.45) is 8.68. The van der Waals surface area contributed by atoms with Gasteiger partial charge in [0.2, 0.25) is 5.91 Å². The van der Waals surface area contributed by atoms with E-state index in [0.717, 1.165) is 38.9 Å². The highest BCUT2D eigenvalue weighted by atomic mass is 16.2. The topological polar surface area (TPSA) is 44.4 Å². The predicted octanol–water partition coefficient (Wildman–Crippen LogP) is 1.12. The lowest BCUT2D eigenvalue weighted by Crippen LogP contribution is -2.41. The zero-order chi connectivity index (χ0) is 12.6. The smallest absolute Gasteiger partial charge is 0.237 e. The summed E-state index contributed by atoms with van der Waals surface area (Å²) in [4.78, 5) is 14.3. The Labute approximate surface area is 110 Å². The predicted molar refractivity (Wildman–Crippen MR) is 73.6 cm³/mol. The van der Waals surface area contributed by atoms with E-state index in [1.807, 2.05) is 0 Å². The maximum absolute atomic E-state index is 11.8. The van der Waals surface area contributed by atoms with Gasteiger partial charge in [-0.3, -0.25) is 4.79 Å².